The number of hydrogen-bond acceptors (Lipinski definition) is 4. The van der Waals surface area contributed by atoms with E-state index in [0.29, 0.717) is 30.6 Å². The van der Waals surface area contributed by atoms with Gasteiger partial charge in [-0.3, -0.25) is 10.1 Å². The predicted molar refractivity (Wildman–Crippen MR) is 90.2 cm³/mol. The van der Waals surface area contributed by atoms with E-state index >= 15 is 0 Å². The van der Waals surface area contributed by atoms with Crippen LogP contribution in [0.4, 0.5) is 5.69 Å². The van der Waals surface area contributed by atoms with E-state index in [9.17, 15) is 10.1 Å². The summed E-state index contributed by atoms with van der Waals surface area (Å²) in [6.45, 7) is 3.45. The summed E-state index contributed by atoms with van der Waals surface area (Å²) in [7, 11) is 0. The van der Waals surface area contributed by atoms with Crippen LogP contribution in [0.5, 0.6) is 11.5 Å². The molecule has 1 aromatic rings. The van der Waals surface area contributed by atoms with Crippen molar-refractivity contribution in [1.82, 2.24) is 0 Å². The van der Waals surface area contributed by atoms with Gasteiger partial charge in [-0.2, -0.15) is 0 Å². The van der Waals surface area contributed by atoms with Gasteiger partial charge < -0.3 is 9.47 Å². The molecule has 0 heterocycles. The Morgan fingerprint density at radius 2 is 1.83 bits per heavy atom. The van der Waals surface area contributed by atoms with Gasteiger partial charge in [-0.05, 0) is 31.2 Å². The highest BCUT2D eigenvalue weighted by molar-refractivity contribution is 5.48. The van der Waals surface area contributed by atoms with Crippen LogP contribution in [0, 0.1) is 16.0 Å². The van der Waals surface area contributed by atoms with Crippen LogP contribution in [-0.2, 0) is 0 Å². The van der Waals surface area contributed by atoms with Crippen molar-refractivity contribution in [3.8, 4) is 11.5 Å². The zero-order valence-electron chi connectivity index (χ0n) is 14.0. The maximum atomic E-state index is 10.9. The lowest BCUT2D eigenvalue weighted by molar-refractivity contribution is -0.385. The van der Waals surface area contributed by atoms with E-state index < -0.39 is 4.92 Å². The third kappa shape index (κ3) is 6.47. The third-order valence-corrected chi connectivity index (χ3v) is 4.07. The largest absolute Gasteiger partial charge is 0.489 e. The average molecular weight is 321 g/mol. The molecule has 0 unspecified atom stereocenters. The van der Waals surface area contributed by atoms with Crippen molar-refractivity contribution in [3.63, 3.8) is 0 Å². The molecule has 1 aliphatic rings. The topological polar surface area (TPSA) is 61.6 Å². The van der Waals surface area contributed by atoms with E-state index in [4.69, 9.17) is 9.47 Å². The van der Waals surface area contributed by atoms with Crippen LogP contribution in [-0.4, -0.2) is 18.1 Å². The maximum absolute atomic E-state index is 10.9. The number of unbranched alkanes of at least 4 members (excludes halogenated alkanes) is 5. The Bertz CT molecular complexity index is 500. The van der Waals surface area contributed by atoms with Crippen LogP contribution >= 0.6 is 0 Å². The van der Waals surface area contributed by atoms with Crippen LogP contribution in [0.2, 0.25) is 0 Å². The molecule has 0 N–H and O–H groups in total. The fourth-order valence-corrected chi connectivity index (χ4v) is 2.40. The molecule has 0 aromatic heterocycles. The normalized spacial score (nSPS) is 13.8. The van der Waals surface area contributed by atoms with Crippen LogP contribution in [0.1, 0.15) is 58.3 Å². The summed E-state index contributed by atoms with van der Waals surface area (Å²) in [6, 6.07) is 4.59. The molecule has 1 aliphatic carbocycles. The molecule has 1 fully saturated rings. The van der Waals surface area contributed by atoms with Gasteiger partial charge in [0.25, 0.3) is 5.69 Å². The molecule has 0 aliphatic heterocycles. The standard InChI is InChI=1S/C18H27NO4/c1-2-3-4-5-6-7-12-22-18-13-16(19(20)21)10-11-17(18)23-14-15-8-9-15/h10-11,13,15H,2-9,12,14H2,1H3. The average Bonchev–Trinajstić information content (AvgIpc) is 3.36. The molecule has 1 aromatic carbocycles. The first-order valence-electron chi connectivity index (χ1n) is 8.74. The lowest BCUT2D eigenvalue weighted by atomic mass is 10.1. The Labute approximate surface area is 138 Å². The quantitative estimate of drug-likeness (QED) is 0.304. The second-order valence-corrected chi connectivity index (χ2v) is 6.26. The first-order chi connectivity index (χ1) is 11.2. The van der Waals surface area contributed by atoms with E-state index in [1.807, 2.05) is 0 Å². The molecule has 5 heteroatoms. The smallest absolute Gasteiger partial charge is 0.273 e. The summed E-state index contributed by atoms with van der Waals surface area (Å²) >= 11 is 0. The zero-order valence-corrected chi connectivity index (χ0v) is 14.0. The van der Waals surface area contributed by atoms with Crippen LogP contribution < -0.4 is 9.47 Å². The minimum absolute atomic E-state index is 0.0433. The van der Waals surface area contributed by atoms with Gasteiger partial charge in [-0.15, -0.1) is 0 Å². The first kappa shape index (κ1) is 17.6. The van der Waals surface area contributed by atoms with Gasteiger partial charge in [0.1, 0.15) is 0 Å². The lowest BCUT2D eigenvalue weighted by Crippen LogP contribution is -2.04. The Kier molecular flexibility index (Phi) is 7.17. The second-order valence-electron chi connectivity index (χ2n) is 6.26. The molecule has 128 valence electrons. The number of nitrogens with zero attached hydrogens (tertiary/aromatic N) is 1. The molecule has 0 bridgehead atoms. The predicted octanol–water partition coefficient (Wildman–Crippen LogP) is 5.12. The number of ether oxygens (including phenoxy) is 2. The minimum Gasteiger partial charge on any atom is -0.489 e. The molecule has 0 atom stereocenters. The zero-order chi connectivity index (χ0) is 16.5. The van der Waals surface area contributed by atoms with E-state index in [0.717, 1.165) is 12.8 Å². The second kappa shape index (κ2) is 9.38. The van der Waals surface area contributed by atoms with Crippen LogP contribution in [0.15, 0.2) is 18.2 Å². The molecule has 0 spiro atoms. The van der Waals surface area contributed by atoms with Gasteiger partial charge in [-0.25, -0.2) is 0 Å². The fourth-order valence-electron chi connectivity index (χ4n) is 2.40. The summed E-state index contributed by atoms with van der Waals surface area (Å²) in [6.07, 6.45) is 9.53. The van der Waals surface area contributed by atoms with Gasteiger partial charge in [0, 0.05) is 6.07 Å². The lowest BCUT2D eigenvalue weighted by Gasteiger charge is -2.12. The Morgan fingerprint density at radius 3 is 2.52 bits per heavy atom. The summed E-state index contributed by atoms with van der Waals surface area (Å²) in [5.74, 6) is 1.75. The summed E-state index contributed by atoms with van der Waals surface area (Å²) < 4.78 is 11.5. The van der Waals surface area contributed by atoms with Gasteiger partial charge in [0.15, 0.2) is 11.5 Å². The SMILES string of the molecule is CCCCCCCCOc1cc([N+](=O)[O-])ccc1OCC1CC1. The molecular formula is C18H27NO4. The molecule has 1 saturated carbocycles. The number of rotatable bonds is 12. The molecule has 5 nitrogen and oxygen atoms in total. The summed E-state index contributed by atoms with van der Waals surface area (Å²) in [5, 5.41) is 10.9. The number of hydrogen-bond donors (Lipinski definition) is 0. The number of nitro benzene ring substituents is 1. The molecule has 23 heavy (non-hydrogen) atoms. The Morgan fingerprint density at radius 1 is 1.09 bits per heavy atom. The van der Waals surface area contributed by atoms with E-state index in [2.05, 4.69) is 6.92 Å². The minimum atomic E-state index is -0.401. The Balaban J connectivity index is 1.82. The Hall–Kier alpha value is -1.78. The highest BCUT2D eigenvalue weighted by Crippen LogP contribution is 2.35. The van der Waals surface area contributed by atoms with Gasteiger partial charge in [0.05, 0.1) is 24.2 Å². The van der Waals surface area contributed by atoms with Crippen LogP contribution in [0.25, 0.3) is 0 Å². The summed E-state index contributed by atoms with van der Waals surface area (Å²) in [5.41, 5.74) is 0.0433. The highest BCUT2D eigenvalue weighted by Gasteiger charge is 2.23. The molecule has 0 amide bonds. The van der Waals surface area contributed by atoms with Crippen molar-refractivity contribution in [3.05, 3.63) is 28.3 Å². The number of non-ortho nitro benzene ring substituents is 1. The van der Waals surface area contributed by atoms with Crippen molar-refractivity contribution >= 4 is 5.69 Å². The van der Waals surface area contributed by atoms with Gasteiger partial charge in [-0.1, -0.05) is 39.0 Å². The number of benzene rings is 1. The molecule has 0 radical (unpaired) electrons. The van der Waals surface area contributed by atoms with Crippen molar-refractivity contribution in [2.45, 2.75) is 58.3 Å². The van der Waals surface area contributed by atoms with Crippen molar-refractivity contribution < 1.29 is 14.4 Å². The third-order valence-electron chi connectivity index (χ3n) is 4.07. The maximum Gasteiger partial charge on any atom is 0.273 e. The van der Waals surface area contributed by atoms with Gasteiger partial charge >= 0.3 is 0 Å². The van der Waals surface area contributed by atoms with Crippen LogP contribution in [0.3, 0.4) is 0 Å². The van der Waals surface area contributed by atoms with E-state index in [1.54, 1.807) is 6.07 Å². The number of nitro groups is 1. The first-order valence-corrected chi connectivity index (χ1v) is 8.74. The highest BCUT2D eigenvalue weighted by atomic mass is 16.6. The summed E-state index contributed by atoms with van der Waals surface area (Å²) in [4.78, 5) is 10.5. The fraction of sp³-hybridized carbons (Fsp3) is 0.667. The van der Waals surface area contributed by atoms with Crippen molar-refractivity contribution in [2.24, 2.45) is 5.92 Å². The van der Waals surface area contributed by atoms with E-state index in [-0.39, 0.29) is 5.69 Å². The van der Waals surface area contributed by atoms with Crippen molar-refractivity contribution in [2.75, 3.05) is 13.2 Å². The monoisotopic (exact) mass is 321 g/mol. The molecule has 0 saturated heterocycles. The van der Waals surface area contributed by atoms with Crippen molar-refractivity contribution in [1.29, 1.82) is 0 Å². The molecule has 2 rings (SSSR count). The van der Waals surface area contributed by atoms with Gasteiger partial charge in [0.2, 0.25) is 0 Å². The van der Waals surface area contributed by atoms with E-state index in [1.165, 1.54) is 50.7 Å². The molecular weight excluding hydrogens is 294 g/mol.